The van der Waals surface area contributed by atoms with Gasteiger partial charge in [0.15, 0.2) is 6.34 Å². The van der Waals surface area contributed by atoms with E-state index in [4.69, 9.17) is 9.47 Å². The number of rotatable bonds is 12. The molecule has 4 aromatic rings. The minimum absolute atomic E-state index is 0.00125. The molecule has 4 heterocycles. The van der Waals surface area contributed by atoms with Crippen molar-refractivity contribution < 1.29 is 28.4 Å². The van der Waals surface area contributed by atoms with E-state index < -0.39 is 23.3 Å². The largest absolute Gasteiger partial charge is 0.493 e. The molecular weight excluding hydrogens is 658 g/mol. The molecule has 3 aliphatic heterocycles. The van der Waals surface area contributed by atoms with Crippen LogP contribution in [0.4, 0.5) is 20.2 Å². The number of quaternary nitrogens is 1. The first-order valence-corrected chi connectivity index (χ1v) is 17.4. The van der Waals surface area contributed by atoms with Crippen molar-refractivity contribution >= 4 is 24.1 Å². The summed E-state index contributed by atoms with van der Waals surface area (Å²) in [7, 11) is 0. The third-order valence-corrected chi connectivity index (χ3v) is 10.1. The first kappa shape index (κ1) is 34.5. The smallest absolute Gasteiger partial charge is 0.350 e. The molecule has 12 nitrogen and oxygen atoms in total. The second kappa shape index (κ2) is 14.7. The summed E-state index contributed by atoms with van der Waals surface area (Å²) in [6.45, 7) is 8.08. The third kappa shape index (κ3) is 7.30. The van der Waals surface area contributed by atoms with Crippen molar-refractivity contribution in [3.8, 4) is 11.4 Å². The van der Waals surface area contributed by atoms with E-state index >= 15 is 0 Å². The fraction of sp³-hybridized carbons (Fsp3) is 0.405. The molecule has 0 saturated carbocycles. The normalized spacial score (nSPS) is 22.8. The molecule has 5 atom stereocenters. The number of aliphatic hydroxyl groups is 1. The number of hydrogen-bond donors (Lipinski definition) is 2. The van der Waals surface area contributed by atoms with Gasteiger partial charge in [-0.2, -0.15) is 15.1 Å². The lowest BCUT2D eigenvalue weighted by Gasteiger charge is -2.37. The summed E-state index contributed by atoms with van der Waals surface area (Å²) >= 11 is 0. The molecule has 2 saturated heterocycles. The maximum Gasteiger partial charge on any atom is 0.350 e. The van der Waals surface area contributed by atoms with Gasteiger partial charge < -0.3 is 24.4 Å². The second-order valence-corrected chi connectivity index (χ2v) is 13.4. The number of halogens is 2. The number of piperazine rings is 1. The molecule has 14 heteroatoms. The van der Waals surface area contributed by atoms with Crippen molar-refractivity contribution in [2.45, 2.75) is 44.4 Å². The number of aliphatic imine (C=N–C) groups is 1. The Morgan fingerprint density at radius 1 is 1.00 bits per heavy atom. The highest BCUT2D eigenvalue weighted by atomic mass is 19.1. The van der Waals surface area contributed by atoms with E-state index in [0.29, 0.717) is 43.2 Å². The van der Waals surface area contributed by atoms with Crippen LogP contribution in [0.1, 0.15) is 38.3 Å². The van der Waals surface area contributed by atoms with E-state index in [1.54, 1.807) is 13.3 Å². The average Bonchev–Trinajstić information content (AvgIpc) is 3.90. The lowest BCUT2D eigenvalue weighted by Crippen LogP contribution is -3.07. The summed E-state index contributed by atoms with van der Waals surface area (Å²) in [6.07, 6.45) is 5.03. The first-order chi connectivity index (χ1) is 24.7. The van der Waals surface area contributed by atoms with Crippen molar-refractivity contribution in [2.75, 3.05) is 55.7 Å². The SMILES string of the molecule is CC[C@@H]([C@H](C)O)n1ncn(-c2ccc(N3CCN(c4ccc(OC[C@@H]5CO[C@@](C[NH+]6C=NC=N6)(c6ccc(F)cc6F)C5)cc4)CC3)cc2)c1=O. The van der Waals surface area contributed by atoms with Crippen LogP contribution in [0.25, 0.3) is 5.69 Å². The maximum absolute atomic E-state index is 15.0. The lowest BCUT2D eigenvalue weighted by molar-refractivity contribution is -0.812. The Morgan fingerprint density at radius 3 is 2.27 bits per heavy atom. The van der Waals surface area contributed by atoms with Crippen molar-refractivity contribution in [3.63, 3.8) is 0 Å². The predicted molar refractivity (Wildman–Crippen MR) is 190 cm³/mol. The minimum Gasteiger partial charge on any atom is -0.493 e. The van der Waals surface area contributed by atoms with Crippen LogP contribution in [-0.4, -0.2) is 84.2 Å². The van der Waals surface area contributed by atoms with Gasteiger partial charge in [0.05, 0.1) is 31.0 Å². The number of hydrogen-bond acceptors (Lipinski definition) is 9. The van der Waals surface area contributed by atoms with Crippen LogP contribution in [0.15, 0.2) is 87.9 Å². The molecule has 51 heavy (non-hydrogen) atoms. The number of benzene rings is 3. The lowest BCUT2D eigenvalue weighted by atomic mass is 9.86. The van der Waals surface area contributed by atoms with Gasteiger partial charge in [-0.3, -0.25) is 0 Å². The van der Waals surface area contributed by atoms with E-state index in [2.05, 4.69) is 37.1 Å². The van der Waals surface area contributed by atoms with Crippen molar-refractivity contribution in [1.82, 2.24) is 14.3 Å². The van der Waals surface area contributed by atoms with Gasteiger partial charge >= 0.3 is 5.69 Å². The molecule has 0 amide bonds. The highest BCUT2D eigenvalue weighted by Gasteiger charge is 2.47. The van der Waals surface area contributed by atoms with Gasteiger partial charge in [0.1, 0.15) is 35.9 Å². The van der Waals surface area contributed by atoms with Gasteiger partial charge in [0, 0.05) is 55.1 Å². The van der Waals surface area contributed by atoms with Gasteiger partial charge in [-0.05, 0) is 74.4 Å². The quantitative estimate of drug-likeness (QED) is 0.234. The van der Waals surface area contributed by atoms with Crippen LogP contribution in [0.5, 0.6) is 5.75 Å². The molecule has 3 aromatic carbocycles. The van der Waals surface area contributed by atoms with Crippen LogP contribution in [0.3, 0.4) is 0 Å². The highest BCUT2D eigenvalue weighted by Crippen LogP contribution is 2.40. The maximum atomic E-state index is 15.0. The van der Waals surface area contributed by atoms with E-state index in [-0.39, 0.29) is 17.6 Å². The number of anilines is 2. The molecule has 0 aliphatic carbocycles. The molecule has 268 valence electrons. The van der Waals surface area contributed by atoms with Crippen LogP contribution in [-0.2, 0) is 10.3 Å². The minimum atomic E-state index is -0.982. The first-order valence-electron chi connectivity index (χ1n) is 17.4. The van der Waals surface area contributed by atoms with Crippen LogP contribution < -0.4 is 25.2 Å². The molecular formula is C37H43F2N8O4+. The molecule has 1 aromatic heterocycles. The van der Waals surface area contributed by atoms with Crippen molar-refractivity contribution in [3.05, 3.63) is 101 Å². The molecule has 2 N–H and O–H groups in total. The van der Waals surface area contributed by atoms with Crippen LogP contribution in [0.2, 0.25) is 0 Å². The summed E-state index contributed by atoms with van der Waals surface area (Å²) in [4.78, 5) is 21.7. The average molecular weight is 702 g/mol. The van der Waals surface area contributed by atoms with Gasteiger partial charge in [-0.25, -0.2) is 22.8 Å². The Balaban J connectivity index is 0.920. The zero-order valence-corrected chi connectivity index (χ0v) is 28.7. The van der Waals surface area contributed by atoms with Gasteiger partial charge in [0.2, 0.25) is 6.34 Å². The van der Waals surface area contributed by atoms with E-state index in [1.807, 2.05) is 43.3 Å². The Kier molecular flexibility index (Phi) is 9.98. The number of nitrogens with one attached hydrogen (secondary N) is 1. The van der Waals surface area contributed by atoms with Crippen molar-refractivity contribution in [1.29, 1.82) is 0 Å². The summed E-state index contributed by atoms with van der Waals surface area (Å²) in [5.41, 5.74) is 1.99. The second-order valence-electron chi connectivity index (χ2n) is 13.4. The molecule has 3 aliphatic rings. The monoisotopic (exact) mass is 701 g/mol. The summed E-state index contributed by atoms with van der Waals surface area (Å²) in [5, 5.41) is 19.3. The Hall–Kier alpha value is -4.92. The van der Waals surface area contributed by atoms with Gasteiger partial charge in [-0.15, -0.1) is 0 Å². The van der Waals surface area contributed by atoms with Crippen LogP contribution in [0, 0.1) is 17.6 Å². The summed E-state index contributed by atoms with van der Waals surface area (Å²) in [6, 6.07) is 19.2. The fourth-order valence-corrected chi connectivity index (χ4v) is 7.33. The molecule has 0 spiro atoms. The number of aliphatic hydroxyl groups excluding tert-OH is 1. The number of nitrogens with zero attached hydrogens (tertiary/aromatic N) is 7. The topological polar surface area (TPSA) is 114 Å². The van der Waals surface area contributed by atoms with E-state index in [1.165, 1.54) is 34.0 Å². The summed E-state index contributed by atoms with van der Waals surface area (Å²) < 4.78 is 44.0. The Labute approximate surface area is 294 Å². The Morgan fingerprint density at radius 2 is 1.67 bits per heavy atom. The zero-order valence-electron chi connectivity index (χ0n) is 28.7. The van der Waals surface area contributed by atoms with E-state index in [9.17, 15) is 18.7 Å². The summed E-state index contributed by atoms with van der Waals surface area (Å²) in [5.74, 6) is -0.524. The third-order valence-electron chi connectivity index (χ3n) is 10.1. The standard InChI is InChI=1S/C37H42F2N8O4/c1-3-35(26(2)48)47-36(49)46(25-42-47)31-7-5-29(6-8-31)43-14-16-44(17-15-43)30-9-11-32(12-10-30)50-20-27-19-37(51-21-27,22-45-24-40-23-41-45)33-13-4-28(38)18-34(33)39/h4-13,18,23-27,35,48H,3,14-17,19-22H2,1-2H3/p+1/t26-,27+,35-,37-/m0/s1. The van der Waals surface area contributed by atoms with Gasteiger partial charge in [0.25, 0.3) is 0 Å². The predicted octanol–water partition coefficient (Wildman–Crippen LogP) is 3.15. The van der Waals surface area contributed by atoms with Crippen molar-refractivity contribution in [2.24, 2.45) is 16.0 Å². The zero-order chi connectivity index (χ0) is 35.5. The number of aromatic nitrogens is 3. The fourth-order valence-electron chi connectivity index (χ4n) is 7.33. The number of ether oxygens (including phenoxy) is 2. The molecule has 1 unspecified atom stereocenters. The molecule has 0 bridgehead atoms. The molecule has 2 fully saturated rings. The van der Waals surface area contributed by atoms with E-state index in [0.717, 1.165) is 55.1 Å². The Bertz CT molecular complexity index is 1910. The van der Waals surface area contributed by atoms with Gasteiger partial charge in [-0.1, -0.05) is 18.1 Å². The highest BCUT2D eigenvalue weighted by molar-refractivity contribution is 5.69. The molecule has 0 radical (unpaired) electrons. The van der Waals surface area contributed by atoms with Crippen LogP contribution >= 0.6 is 0 Å². The molecule has 7 rings (SSSR count).